The molecule has 2 rings (SSSR count). The van der Waals surface area contributed by atoms with Crippen molar-refractivity contribution in [3.63, 3.8) is 0 Å². The van der Waals surface area contributed by atoms with E-state index in [4.69, 9.17) is 0 Å². The van der Waals surface area contributed by atoms with Gasteiger partial charge in [0, 0.05) is 10.7 Å². The molecular formula is C15H17PS2. The minimum atomic E-state index is 0.937. The molecule has 3 heteroatoms. The van der Waals surface area contributed by atoms with Crippen molar-refractivity contribution in [3.05, 3.63) is 69.5 Å². The van der Waals surface area contributed by atoms with Crippen LogP contribution in [-0.2, 0) is 11.9 Å². The van der Waals surface area contributed by atoms with Crippen LogP contribution in [0.5, 0.6) is 0 Å². The Morgan fingerprint density at radius 2 is 1.83 bits per heavy atom. The van der Waals surface area contributed by atoms with Gasteiger partial charge >= 0.3 is 0 Å². The highest BCUT2D eigenvalue weighted by Crippen LogP contribution is 2.26. The van der Waals surface area contributed by atoms with Crippen LogP contribution < -0.4 is 0 Å². The van der Waals surface area contributed by atoms with E-state index >= 15 is 0 Å². The summed E-state index contributed by atoms with van der Waals surface area (Å²) in [6.07, 6.45) is 10.5. The summed E-state index contributed by atoms with van der Waals surface area (Å²) in [7, 11) is 2.75. The number of rotatable bonds is 4. The summed E-state index contributed by atoms with van der Waals surface area (Å²) >= 11 is 6.25. The van der Waals surface area contributed by atoms with Crippen LogP contribution >= 0.6 is 33.6 Å². The average molecular weight is 292 g/mol. The fourth-order valence-corrected chi connectivity index (χ4v) is 2.97. The van der Waals surface area contributed by atoms with E-state index in [0.29, 0.717) is 0 Å². The minimum Gasteiger partial charge on any atom is -0.148 e. The largest absolute Gasteiger partial charge is 0.148 e. The molecule has 0 saturated heterocycles. The van der Waals surface area contributed by atoms with Gasteiger partial charge in [0.05, 0.1) is 0 Å². The van der Waals surface area contributed by atoms with Crippen LogP contribution in [0.4, 0.5) is 0 Å². The third kappa shape index (κ3) is 4.35. The van der Waals surface area contributed by atoms with Crippen LogP contribution in [0.3, 0.4) is 0 Å². The number of allylic oxidation sites excluding steroid dienone is 5. The summed E-state index contributed by atoms with van der Waals surface area (Å²) in [5, 5.41) is 0. The summed E-state index contributed by atoms with van der Waals surface area (Å²) in [6.45, 7) is 0. The van der Waals surface area contributed by atoms with Gasteiger partial charge in [-0.05, 0) is 34.7 Å². The Hall–Kier alpha value is -0.430. The van der Waals surface area contributed by atoms with Gasteiger partial charge in [-0.15, -0.1) is 33.6 Å². The van der Waals surface area contributed by atoms with Gasteiger partial charge < -0.3 is 0 Å². The first kappa shape index (κ1) is 14.0. The van der Waals surface area contributed by atoms with E-state index in [-0.39, 0.29) is 0 Å². The highest BCUT2D eigenvalue weighted by Gasteiger charge is 1.99. The van der Waals surface area contributed by atoms with Gasteiger partial charge in [-0.1, -0.05) is 42.5 Å². The van der Waals surface area contributed by atoms with E-state index < -0.39 is 0 Å². The summed E-state index contributed by atoms with van der Waals surface area (Å²) in [5.41, 5.74) is 2.74. The zero-order valence-electron chi connectivity index (χ0n) is 10.2. The van der Waals surface area contributed by atoms with Crippen molar-refractivity contribution in [2.45, 2.75) is 18.3 Å². The fraction of sp³-hybridized carbons (Fsp3) is 0.200. The molecule has 1 aromatic rings. The predicted molar refractivity (Wildman–Crippen MR) is 90.1 cm³/mol. The Morgan fingerprint density at radius 3 is 2.56 bits per heavy atom. The third-order valence-electron chi connectivity index (χ3n) is 2.71. The van der Waals surface area contributed by atoms with E-state index in [0.717, 1.165) is 23.2 Å². The molecule has 1 aliphatic carbocycles. The number of thioether (sulfide) groups is 1. The average Bonchev–Trinajstić information content (AvgIpc) is 2.62. The van der Waals surface area contributed by atoms with E-state index in [2.05, 4.69) is 70.4 Å². The summed E-state index contributed by atoms with van der Waals surface area (Å²) in [4.78, 5) is 2.42. The Bertz CT molecular complexity index is 484. The van der Waals surface area contributed by atoms with Crippen LogP contribution in [0.15, 0.2) is 58.4 Å². The smallest absolute Gasteiger partial charge is 0.0231 e. The molecule has 0 radical (unpaired) electrons. The molecule has 18 heavy (non-hydrogen) atoms. The number of benzene rings is 1. The molecule has 0 amide bonds. The summed E-state index contributed by atoms with van der Waals surface area (Å²) in [6, 6.07) is 8.83. The van der Waals surface area contributed by atoms with Gasteiger partial charge in [-0.25, -0.2) is 0 Å². The second-order valence-electron chi connectivity index (χ2n) is 4.14. The number of hydrogen-bond acceptors (Lipinski definition) is 2. The molecular weight excluding hydrogens is 275 g/mol. The molecule has 0 heterocycles. The van der Waals surface area contributed by atoms with E-state index in [9.17, 15) is 0 Å². The Labute approximate surface area is 121 Å². The number of thiol groups is 1. The Morgan fingerprint density at radius 1 is 1.11 bits per heavy atom. The minimum absolute atomic E-state index is 0.937. The molecule has 1 unspecified atom stereocenters. The molecule has 1 aromatic carbocycles. The fourth-order valence-electron chi connectivity index (χ4n) is 1.63. The van der Waals surface area contributed by atoms with Crippen LogP contribution in [0.1, 0.15) is 17.5 Å². The van der Waals surface area contributed by atoms with Crippen molar-refractivity contribution in [1.82, 2.24) is 0 Å². The van der Waals surface area contributed by atoms with Gasteiger partial charge in [0.15, 0.2) is 0 Å². The second kappa shape index (κ2) is 7.23. The van der Waals surface area contributed by atoms with Crippen molar-refractivity contribution in [2.24, 2.45) is 0 Å². The molecule has 1 atom stereocenters. The predicted octanol–water partition coefficient (Wildman–Crippen LogP) is 4.95. The van der Waals surface area contributed by atoms with E-state index in [1.165, 1.54) is 16.0 Å². The zero-order valence-corrected chi connectivity index (χ0v) is 13.0. The Kier molecular flexibility index (Phi) is 5.62. The molecule has 0 nitrogen and oxygen atoms in total. The molecule has 0 aromatic heterocycles. The lowest BCUT2D eigenvalue weighted by Gasteiger charge is -2.03. The van der Waals surface area contributed by atoms with Crippen LogP contribution in [0.25, 0.3) is 0 Å². The topological polar surface area (TPSA) is 0 Å². The second-order valence-corrected chi connectivity index (χ2v) is 6.17. The quantitative estimate of drug-likeness (QED) is 0.605. The Balaban J connectivity index is 1.94. The highest BCUT2D eigenvalue weighted by atomic mass is 32.2. The molecule has 94 valence electrons. The van der Waals surface area contributed by atoms with Crippen molar-refractivity contribution in [1.29, 1.82) is 0 Å². The maximum atomic E-state index is 4.38. The van der Waals surface area contributed by atoms with E-state index in [1.54, 1.807) is 0 Å². The lowest BCUT2D eigenvalue weighted by molar-refractivity contribution is 1.35. The molecule has 0 N–H and O–H groups in total. The highest BCUT2D eigenvalue weighted by molar-refractivity contribution is 8.02. The maximum Gasteiger partial charge on any atom is 0.0231 e. The van der Waals surface area contributed by atoms with Gasteiger partial charge in [-0.2, -0.15) is 0 Å². The van der Waals surface area contributed by atoms with Gasteiger partial charge in [0.25, 0.3) is 0 Å². The molecule has 0 fully saturated rings. The normalized spacial score (nSPS) is 15.0. The SMILES string of the molecule is PCc1ccc(CSC2=CC=C(S)CC=C2)cc1. The lowest BCUT2D eigenvalue weighted by Crippen LogP contribution is -1.82. The van der Waals surface area contributed by atoms with Crippen LogP contribution in [0.2, 0.25) is 0 Å². The molecule has 0 spiro atoms. The summed E-state index contributed by atoms with van der Waals surface area (Å²) < 4.78 is 0. The summed E-state index contributed by atoms with van der Waals surface area (Å²) in [5.74, 6) is 1.02. The maximum absolute atomic E-state index is 4.38. The standard InChI is InChI=1S/C15H17PS2/c16-10-12-4-6-13(7-5-12)11-18-15-3-1-2-14(17)8-9-15/h1,3-9,17H,2,10-11,16H2. The third-order valence-corrected chi connectivity index (χ3v) is 4.60. The van der Waals surface area contributed by atoms with Crippen LogP contribution in [-0.4, -0.2) is 0 Å². The first-order chi connectivity index (χ1) is 8.78. The van der Waals surface area contributed by atoms with E-state index in [1.807, 2.05) is 11.8 Å². The monoisotopic (exact) mass is 292 g/mol. The molecule has 0 aliphatic heterocycles. The first-order valence-electron chi connectivity index (χ1n) is 5.95. The molecule has 0 bridgehead atoms. The van der Waals surface area contributed by atoms with Crippen LogP contribution in [0, 0.1) is 0 Å². The number of hydrogen-bond donors (Lipinski definition) is 1. The lowest BCUT2D eigenvalue weighted by atomic mass is 10.2. The van der Waals surface area contributed by atoms with Crippen molar-refractivity contribution < 1.29 is 0 Å². The van der Waals surface area contributed by atoms with Gasteiger partial charge in [0.2, 0.25) is 0 Å². The first-order valence-corrected chi connectivity index (χ1v) is 8.20. The zero-order chi connectivity index (χ0) is 12.8. The molecule has 0 saturated carbocycles. The molecule has 1 aliphatic rings. The van der Waals surface area contributed by atoms with Gasteiger partial charge in [0.1, 0.15) is 0 Å². The van der Waals surface area contributed by atoms with Gasteiger partial charge in [-0.3, -0.25) is 0 Å². The van der Waals surface area contributed by atoms with Crippen molar-refractivity contribution >= 4 is 33.6 Å². The van der Waals surface area contributed by atoms with Crippen molar-refractivity contribution in [3.8, 4) is 0 Å². The van der Waals surface area contributed by atoms with Crippen molar-refractivity contribution in [2.75, 3.05) is 0 Å².